The normalized spacial score (nSPS) is 22.7. The monoisotopic (exact) mass is 521 g/mol. The lowest BCUT2D eigenvalue weighted by molar-refractivity contribution is -0.139. The van der Waals surface area contributed by atoms with E-state index in [2.05, 4.69) is 83.5 Å². The van der Waals surface area contributed by atoms with Crippen LogP contribution in [-0.4, -0.2) is 27.6 Å². The van der Waals surface area contributed by atoms with Crippen molar-refractivity contribution in [1.82, 2.24) is 9.58 Å². The number of hydrazone groups is 1. The molecule has 0 unspecified atom stereocenters. The van der Waals surface area contributed by atoms with E-state index in [1.165, 1.54) is 33.4 Å². The van der Waals surface area contributed by atoms with Gasteiger partial charge in [-0.15, -0.1) is 0 Å². The van der Waals surface area contributed by atoms with Crippen molar-refractivity contribution in [3.05, 3.63) is 142 Å². The summed E-state index contributed by atoms with van der Waals surface area (Å²) in [7, 11) is 0. The molecule has 2 amide bonds. The Bertz CT molecular complexity index is 1770. The summed E-state index contributed by atoms with van der Waals surface area (Å²) in [5, 5.41) is 6.78. The van der Waals surface area contributed by atoms with Crippen LogP contribution in [0.1, 0.15) is 50.8 Å². The number of fused-ring (bicyclic) bond motifs is 1. The molecule has 4 aliphatic rings. The third-order valence-electron chi connectivity index (χ3n) is 9.16. The Labute approximate surface area is 232 Å². The molecule has 3 aliphatic carbocycles. The van der Waals surface area contributed by atoms with Crippen molar-refractivity contribution in [3.63, 3.8) is 0 Å². The maximum Gasteiger partial charge on any atom is 0.254 e. The number of amides is 2. The maximum absolute atomic E-state index is 13.9. The zero-order valence-electron chi connectivity index (χ0n) is 22.1. The maximum atomic E-state index is 13.9. The van der Waals surface area contributed by atoms with Gasteiger partial charge in [-0.05, 0) is 46.4 Å². The van der Waals surface area contributed by atoms with E-state index >= 15 is 0 Å². The van der Waals surface area contributed by atoms with Crippen LogP contribution in [0.4, 0.5) is 0 Å². The Morgan fingerprint density at radius 1 is 0.700 bits per heavy atom. The third kappa shape index (κ3) is 3.18. The molecule has 5 aromatic rings. The molecule has 40 heavy (non-hydrogen) atoms. The number of carbonyl (C=O) groups excluding carboxylic acids is 2. The minimum absolute atomic E-state index is 0.130. The Hall–Kier alpha value is -4.77. The Morgan fingerprint density at radius 2 is 1.23 bits per heavy atom. The standard InChI is InChI=1S/C35H27N3O2/c1-21-10-2-3-11-22(21)19-37-20-23(24-12-8-9-17-29(24)37)18-36-38-34(39)32-30-25-13-4-5-14-26(25)31(33(32)35(38)40)28-16-7-6-15-27(28)30/h2-18,20,30-33H,19H2,1H3/b36-18-/t30?,31?,32-,33-/m1/s1. The number of hydrogen-bond donors (Lipinski definition) is 0. The molecule has 0 radical (unpaired) electrons. The van der Waals surface area contributed by atoms with Gasteiger partial charge >= 0.3 is 0 Å². The molecular weight excluding hydrogens is 494 g/mol. The molecule has 1 aromatic heterocycles. The molecule has 0 spiro atoms. The largest absolute Gasteiger partial charge is 0.342 e. The number of nitrogens with zero attached hydrogens (tertiary/aromatic N) is 3. The highest BCUT2D eigenvalue weighted by Crippen LogP contribution is 2.60. The van der Waals surface area contributed by atoms with Gasteiger partial charge in [0.2, 0.25) is 0 Å². The zero-order valence-corrected chi connectivity index (χ0v) is 22.1. The van der Waals surface area contributed by atoms with E-state index in [0.29, 0.717) is 0 Å². The summed E-state index contributed by atoms with van der Waals surface area (Å²) in [6, 6.07) is 33.2. The van der Waals surface area contributed by atoms with Gasteiger partial charge in [0.05, 0.1) is 18.1 Å². The topological polar surface area (TPSA) is 54.7 Å². The molecule has 1 saturated heterocycles. The molecule has 1 aliphatic heterocycles. The fourth-order valence-corrected chi connectivity index (χ4v) is 7.38. The SMILES string of the molecule is Cc1ccccc1Cn1cc(/C=N\N2C(=O)[C@@H]3C4c5ccccc5C(c5ccccc54)[C@H]3C2=O)c2ccccc21. The fraction of sp³-hybridized carbons (Fsp3) is 0.171. The predicted octanol–water partition coefficient (Wildman–Crippen LogP) is 6.22. The molecule has 2 heterocycles. The molecule has 4 aromatic carbocycles. The van der Waals surface area contributed by atoms with Gasteiger partial charge < -0.3 is 4.57 Å². The van der Waals surface area contributed by atoms with Crippen molar-refractivity contribution in [2.45, 2.75) is 25.3 Å². The van der Waals surface area contributed by atoms with Crippen LogP contribution in [0.5, 0.6) is 0 Å². The quantitative estimate of drug-likeness (QED) is 0.208. The number of benzene rings is 4. The average molecular weight is 522 g/mol. The number of rotatable bonds is 4. The molecule has 194 valence electrons. The Kier molecular flexibility index (Phi) is 4.99. The van der Waals surface area contributed by atoms with E-state index in [1.54, 1.807) is 6.21 Å². The lowest BCUT2D eigenvalue weighted by atomic mass is 9.55. The molecule has 0 N–H and O–H groups in total. The van der Waals surface area contributed by atoms with Gasteiger partial charge in [-0.1, -0.05) is 91.0 Å². The van der Waals surface area contributed by atoms with Crippen LogP contribution in [0.2, 0.25) is 0 Å². The summed E-state index contributed by atoms with van der Waals surface area (Å²) in [5.74, 6) is -1.52. The van der Waals surface area contributed by atoms with Crippen molar-refractivity contribution in [2.24, 2.45) is 16.9 Å². The molecule has 1 fully saturated rings. The van der Waals surface area contributed by atoms with Gasteiger partial charge in [-0.3, -0.25) is 9.59 Å². The first-order valence-electron chi connectivity index (χ1n) is 13.8. The highest BCUT2D eigenvalue weighted by atomic mass is 16.2. The van der Waals surface area contributed by atoms with Gasteiger partial charge in [-0.25, -0.2) is 0 Å². The van der Waals surface area contributed by atoms with E-state index in [1.807, 2.05) is 36.4 Å². The Balaban J connectivity index is 1.17. The minimum atomic E-state index is -0.429. The first-order chi connectivity index (χ1) is 19.6. The van der Waals surface area contributed by atoms with Gasteiger partial charge in [0.25, 0.3) is 11.8 Å². The van der Waals surface area contributed by atoms with Crippen LogP contribution in [0, 0.1) is 18.8 Å². The predicted molar refractivity (Wildman–Crippen MR) is 155 cm³/mol. The minimum Gasteiger partial charge on any atom is -0.342 e. The van der Waals surface area contributed by atoms with E-state index in [9.17, 15) is 9.59 Å². The molecule has 2 bridgehead atoms. The van der Waals surface area contributed by atoms with Crippen molar-refractivity contribution in [2.75, 3.05) is 0 Å². The summed E-state index contributed by atoms with van der Waals surface area (Å²) >= 11 is 0. The second kappa shape index (κ2) is 8.62. The number of hydrogen-bond acceptors (Lipinski definition) is 3. The van der Waals surface area contributed by atoms with Crippen molar-refractivity contribution in [1.29, 1.82) is 0 Å². The molecule has 5 nitrogen and oxygen atoms in total. The van der Waals surface area contributed by atoms with Gasteiger partial charge in [0.15, 0.2) is 0 Å². The van der Waals surface area contributed by atoms with Gasteiger partial charge in [0.1, 0.15) is 0 Å². The third-order valence-corrected chi connectivity index (χ3v) is 9.16. The van der Waals surface area contributed by atoms with Gasteiger partial charge in [0, 0.05) is 41.0 Å². The number of imide groups is 1. The molecule has 9 rings (SSSR count). The van der Waals surface area contributed by atoms with Crippen LogP contribution < -0.4 is 0 Å². The lowest BCUT2D eigenvalue weighted by Crippen LogP contribution is -2.41. The highest BCUT2D eigenvalue weighted by Gasteiger charge is 2.61. The first kappa shape index (κ1) is 23.1. The van der Waals surface area contributed by atoms with Crippen molar-refractivity contribution in [3.8, 4) is 0 Å². The summed E-state index contributed by atoms with van der Waals surface area (Å²) in [6.45, 7) is 2.85. The van der Waals surface area contributed by atoms with Crippen LogP contribution in [-0.2, 0) is 16.1 Å². The second-order valence-electron chi connectivity index (χ2n) is 11.2. The second-order valence-corrected chi connectivity index (χ2v) is 11.2. The summed E-state index contributed by atoms with van der Waals surface area (Å²) in [5.41, 5.74) is 9.12. The molecule has 0 saturated carbocycles. The van der Waals surface area contributed by atoms with Crippen molar-refractivity contribution < 1.29 is 9.59 Å². The molecular formula is C35H27N3O2. The smallest absolute Gasteiger partial charge is 0.254 e. The highest BCUT2D eigenvalue weighted by molar-refractivity contribution is 6.09. The zero-order chi connectivity index (χ0) is 27.0. The average Bonchev–Trinajstić information content (AvgIpc) is 3.47. The number of aryl methyl sites for hydroxylation is 1. The van der Waals surface area contributed by atoms with E-state index in [4.69, 9.17) is 0 Å². The molecule has 5 heteroatoms. The van der Waals surface area contributed by atoms with Crippen LogP contribution in [0.15, 0.2) is 108 Å². The van der Waals surface area contributed by atoms with E-state index in [0.717, 1.165) is 28.0 Å². The first-order valence-corrected chi connectivity index (χ1v) is 13.8. The number of para-hydroxylation sites is 1. The number of carbonyl (C=O) groups is 2. The fourth-order valence-electron chi connectivity index (χ4n) is 7.38. The summed E-state index contributed by atoms with van der Waals surface area (Å²) < 4.78 is 2.21. The summed E-state index contributed by atoms with van der Waals surface area (Å²) in [4.78, 5) is 27.8. The Morgan fingerprint density at radius 3 is 1.82 bits per heavy atom. The molecule has 2 atom stereocenters. The summed E-state index contributed by atoms with van der Waals surface area (Å²) in [6.07, 6.45) is 3.75. The van der Waals surface area contributed by atoms with Crippen LogP contribution in [0.25, 0.3) is 10.9 Å². The van der Waals surface area contributed by atoms with E-state index < -0.39 is 11.8 Å². The van der Waals surface area contributed by atoms with Crippen LogP contribution in [0.3, 0.4) is 0 Å². The van der Waals surface area contributed by atoms with E-state index in [-0.39, 0.29) is 23.7 Å². The lowest BCUT2D eigenvalue weighted by Gasteiger charge is -2.45. The van der Waals surface area contributed by atoms with Crippen molar-refractivity contribution >= 4 is 28.9 Å². The van der Waals surface area contributed by atoms with Crippen LogP contribution >= 0.6 is 0 Å². The number of aromatic nitrogens is 1. The van der Waals surface area contributed by atoms with Gasteiger partial charge in [-0.2, -0.15) is 10.1 Å².